The summed E-state index contributed by atoms with van der Waals surface area (Å²) < 4.78 is 12.5. The van der Waals surface area contributed by atoms with Crippen molar-refractivity contribution in [1.82, 2.24) is 14.6 Å². The maximum Gasteiger partial charge on any atom is 0.291 e. The van der Waals surface area contributed by atoms with Gasteiger partial charge in [0.2, 0.25) is 4.96 Å². The Labute approximate surface area is 208 Å². The molecule has 2 aromatic carbocycles. The second-order valence-corrected chi connectivity index (χ2v) is 11.6. The molecule has 0 aliphatic heterocycles. The summed E-state index contributed by atoms with van der Waals surface area (Å²) in [5.41, 5.74) is 2.54. The van der Waals surface area contributed by atoms with E-state index in [2.05, 4.69) is 51.6 Å². The molecule has 0 aliphatic carbocycles. The number of thiazole rings is 1. The number of aromatic nitrogens is 3. The Morgan fingerprint density at radius 3 is 2.06 bits per heavy atom. The largest absolute Gasteiger partial charge is 0.507 e. The van der Waals surface area contributed by atoms with Crippen molar-refractivity contribution in [3.8, 4) is 28.6 Å². The first-order valence-corrected chi connectivity index (χ1v) is 12.2. The van der Waals surface area contributed by atoms with Gasteiger partial charge in [-0.05, 0) is 52.8 Å². The minimum atomic E-state index is -0.256. The van der Waals surface area contributed by atoms with Crippen molar-refractivity contribution in [2.75, 3.05) is 14.2 Å². The summed E-state index contributed by atoms with van der Waals surface area (Å²) in [6.07, 6.45) is 1.85. The van der Waals surface area contributed by atoms with Crippen molar-refractivity contribution in [1.29, 1.82) is 0 Å². The third kappa shape index (κ3) is 4.62. The van der Waals surface area contributed by atoms with E-state index in [4.69, 9.17) is 9.47 Å². The summed E-state index contributed by atoms with van der Waals surface area (Å²) >= 11 is 1.29. The normalized spacial score (nSPS) is 13.0. The Balaban J connectivity index is 1.83. The van der Waals surface area contributed by atoms with Gasteiger partial charge in [0.25, 0.3) is 5.56 Å². The van der Waals surface area contributed by atoms with Gasteiger partial charge >= 0.3 is 0 Å². The van der Waals surface area contributed by atoms with E-state index in [0.717, 1.165) is 22.3 Å². The molecule has 0 unspecified atom stereocenters. The maximum atomic E-state index is 13.2. The molecule has 1 N–H and O–H groups in total. The number of benzene rings is 2. The van der Waals surface area contributed by atoms with Gasteiger partial charge < -0.3 is 14.6 Å². The molecular weight excluding hydrogens is 462 g/mol. The van der Waals surface area contributed by atoms with E-state index in [0.29, 0.717) is 32.6 Å². The van der Waals surface area contributed by atoms with E-state index >= 15 is 0 Å². The smallest absolute Gasteiger partial charge is 0.291 e. The monoisotopic (exact) mass is 493 g/mol. The van der Waals surface area contributed by atoms with Gasteiger partial charge in [-0.1, -0.05) is 52.9 Å². The van der Waals surface area contributed by atoms with Crippen molar-refractivity contribution in [2.45, 2.75) is 52.4 Å². The quantitative estimate of drug-likeness (QED) is 0.444. The number of ether oxygens (including phenoxy) is 2. The van der Waals surface area contributed by atoms with Crippen LogP contribution in [0.15, 0.2) is 35.1 Å². The number of aromatic hydroxyl groups is 1. The van der Waals surface area contributed by atoms with Crippen molar-refractivity contribution < 1.29 is 14.6 Å². The lowest BCUT2D eigenvalue weighted by Gasteiger charge is -2.27. The highest BCUT2D eigenvalue weighted by molar-refractivity contribution is 7.15. The van der Waals surface area contributed by atoms with Gasteiger partial charge in [0.1, 0.15) is 5.75 Å². The van der Waals surface area contributed by atoms with Gasteiger partial charge in [0.05, 0.1) is 18.8 Å². The van der Waals surface area contributed by atoms with Crippen molar-refractivity contribution in [3.05, 3.63) is 61.9 Å². The third-order valence-corrected chi connectivity index (χ3v) is 6.83. The number of phenolic OH excluding ortho intramolecular Hbond substituents is 1. The molecule has 0 radical (unpaired) electrons. The lowest BCUT2D eigenvalue weighted by atomic mass is 9.78. The zero-order valence-electron chi connectivity index (χ0n) is 21.4. The van der Waals surface area contributed by atoms with Gasteiger partial charge in [-0.2, -0.15) is 9.50 Å². The molecule has 0 fully saturated rings. The number of hydrogen-bond donors (Lipinski definition) is 1. The molecule has 0 saturated heterocycles. The fourth-order valence-electron chi connectivity index (χ4n) is 3.97. The summed E-state index contributed by atoms with van der Waals surface area (Å²) in [6, 6.07) is 9.31. The first kappa shape index (κ1) is 24.7. The predicted molar refractivity (Wildman–Crippen MR) is 140 cm³/mol. The molecule has 184 valence electrons. The molecule has 0 atom stereocenters. The van der Waals surface area contributed by atoms with E-state index in [1.807, 2.05) is 24.3 Å². The number of fused-ring (bicyclic) bond motifs is 1. The van der Waals surface area contributed by atoms with Crippen LogP contribution in [-0.4, -0.2) is 33.9 Å². The highest BCUT2D eigenvalue weighted by atomic mass is 32.1. The van der Waals surface area contributed by atoms with Crippen LogP contribution in [0.25, 0.3) is 22.4 Å². The molecule has 4 rings (SSSR count). The van der Waals surface area contributed by atoms with Crippen molar-refractivity contribution in [3.63, 3.8) is 0 Å². The molecule has 35 heavy (non-hydrogen) atoms. The number of phenols is 1. The van der Waals surface area contributed by atoms with Gasteiger partial charge in [-0.15, -0.1) is 5.10 Å². The number of hydrogen-bond acceptors (Lipinski definition) is 7. The summed E-state index contributed by atoms with van der Waals surface area (Å²) in [4.78, 5) is 18.3. The molecule has 0 bridgehead atoms. The summed E-state index contributed by atoms with van der Waals surface area (Å²) in [6.45, 7) is 12.4. The maximum absolute atomic E-state index is 13.2. The van der Waals surface area contributed by atoms with Crippen LogP contribution in [0.3, 0.4) is 0 Å². The molecule has 0 saturated carbocycles. The van der Waals surface area contributed by atoms with E-state index < -0.39 is 0 Å². The van der Waals surface area contributed by atoms with E-state index in [9.17, 15) is 9.90 Å². The second-order valence-electron chi connectivity index (χ2n) is 10.6. The zero-order chi connectivity index (χ0) is 25.7. The molecule has 8 heteroatoms. The molecule has 4 aromatic rings. The van der Waals surface area contributed by atoms with Crippen LogP contribution in [0.1, 0.15) is 58.2 Å². The Bertz CT molecular complexity index is 1490. The van der Waals surface area contributed by atoms with Gasteiger partial charge in [-0.3, -0.25) is 4.79 Å². The minimum Gasteiger partial charge on any atom is -0.507 e. The number of rotatable bonds is 4. The second kappa shape index (κ2) is 8.68. The number of methoxy groups -OCH3 is 2. The Morgan fingerprint density at radius 2 is 1.54 bits per heavy atom. The Kier molecular flexibility index (Phi) is 6.13. The molecule has 2 heterocycles. The average Bonchev–Trinajstić information content (AvgIpc) is 3.32. The number of nitrogens with zero attached hydrogens (tertiary/aromatic N) is 3. The Morgan fingerprint density at radius 1 is 0.943 bits per heavy atom. The van der Waals surface area contributed by atoms with E-state index in [-0.39, 0.29) is 16.4 Å². The highest BCUT2D eigenvalue weighted by Gasteiger charge is 2.26. The molecule has 0 spiro atoms. The van der Waals surface area contributed by atoms with Crippen LogP contribution in [0.2, 0.25) is 0 Å². The Hall–Kier alpha value is -3.39. The first-order valence-electron chi connectivity index (χ1n) is 11.3. The molecule has 0 aliphatic rings. The van der Waals surface area contributed by atoms with Crippen LogP contribution in [0.4, 0.5) is 0 Å². The third-order valence-electron chi connectivity index (χ3n) is 5.87. The van der Waals surface area contributed by atoms with Crippen LogP contribution < -0.4 is 19.6 Å². The van der Waals surface area contributed by atoms with E-state index in [1.165, 1.54) is 15.9 Å². The van der Waals surface area contributed by atoms with Gasteiger partial charge in [0, 0.05) is 16.7 Å². The van der Waals surface area contributed by atoms with Crippen LogP contribution in [0, 0.1) is 0 Å². The van der Waals surface area contributed by atoms with Crippen molar-refractivity contribution >= 4 is 22.4 Å². The standard InChI is InChI=1S/C27H31N3O4S/c1-26(2,3)17-11-15(12-18(22(17)31)27(4,5)6)13-21-24(32)30-25(35-21)28-23(29-30)16-9-10-19(33-7)20(14-16)34-8/h9-14,31H,1-8H3. The molecule has 7 nitrogen and oxygen atoms in total. The fourth-order valence-corrected chi connectivity index (χ4v) is 4.87. The topological polar surface area (TPSA) is 86.0 Å². The van der Waals surface area contributed by atoms with Crippen LogP contribution >= 0.6 is 11.3 Å². The fraction of sp³-hybridized carbons (Fsp3) is 0.370. The SMILES string of the molecule is COc1ccc(-c2nc3sc(=Cc4cc(C(C)(C)C)c(O)c(C(C)(C)C)c4)c(=O)n3n2)cc1OC. The minimum absolute atomic E-state index is 0.230. The highest BCUT2D eigenvalue weighted by Crippen LogP contribution is 2.40. The van der Waals surface area contributed by atoms with Gasteiger partial charge in [0.15, 0.2) is 17.3 Å². The average molecular weight is 494 g/mol. The van der Waals surface area contributed by atoms with Crippen LogP contribution in [0.5, 0.6) is 17.2 Å². The zero-order valence-corrected chi connectivity index (χ0v) is 22.2. The van der Waals surface area contributed by atoms with Gasteiger partial charge in [-0.25, -0.2) is 0 Å². The summed E-state index contributed by atoms with van der Waals surface area (Å²) in [5.74, 6) is 1.93. The summed E-state index contributed by atoms with van der Waals surface area (Å²) in [7, 11) is 3.14. The first-order chi connectivity index (χ1) is 16.3. The lowest BCUT2D eigenvalue weighted by Crippen LogP contribution is -2.24. The molecular formula is C27H31N3O4S. The van der Waals surface area contributed by atoms with E-state index in [1.54, 1.807) is 26.4 Å². The molecule has 0 amide bonds. The molecule has 2 aromatic heterocycles. The predicted octanol–water partition coefficient (Wildman–Crippen LogP) is 4.68. The summed E-state index contributed by atoms with van der Waals surface area (Å²) in [5, 5.41) is 15.4. The van der Waals surface area contributed by atoms with Crippen molar-refractivity contribution in [2.24, 2.45) is 0 Å². The lowest BCUT2D eigenvalue weighted by molar-refractivity contribution is 0.355. The van der Waals surface area contributed by atoms with Crippen LogP contribution in [-0.2, 0) is 10.8 Å².